The van der Waals surface area contributed by atoms with Gasteiger partial charge < -0.3 is 10.6 Å². The molecule has 35 heavy (non-hydrogen) atoms. The fraction of sp³-hybridized carbons (Fsp3) is 0.231. The number of carbonyl (C=O) groups is 2. The van der Waals surface area contributed by atoms with E-state index in [-0.39, 0.29) is 29.1 Å². The highest BCUT2D eigenvalue weighted by atomic mass is 32.2. The maximum Gasteiger partial charge on any atom is 0.251 e. The highest BCUT2D eigenvalue weighted by Gasteiger charge is 2.28. The molecule has 3 aromatic rings. The van der Waals surface area contributed by atoms with Crippen LogP contribution in [0.15, 0.2) is 71.6 Å². The van der Waals surface area contributed by atoms with Gasteiger partial charge >= 0.3 is 0 Å². The van der Waals surface area contributed by atoms with Gasteiger partial charge in [-0.25, -0.2) is 12.8 Å². The fourth-order valence-electron chi connectivity index (χ4n) is 3.91. The molecule has 0 aliphatic carbocycles. The molecule has 0 aromatic heterocycles. The number of carbonyl (C=O) groups excluding carboxylic acids is 2. The highest BCUT2D eigenvalue weighted by molar-refractivity contribution is 7.89. The summed E-state index contributed by atoms with van der Waals surface area (Å²) in [6.45, 7) is 2.53. The summed E-state index contributed by atoms with van der Waals surface area (Å²) in [4.78, 5) is 24.8. The van der Waals surface area contributed by atoms with Gasteiger partial charge in [0, 0.05) is 37.3 Å². The number of benzene rings is 3. The van der Waals surface area contributed by atoms with Crippen LogP contribution in [-0.4, -0.2) is 44.2 Å². The van der Waals surface area contributed by atoms with E-state index in [0.29, 0.717) is 25.1 Å². The van der Waals surface area contributed by atoms with Crippen molar-refractivity contribution in [2.45, 2.75) is 24.8 Å². The Balaban J connectivity index is 1.34. The summed E-state index contributed by atoms with van der Waals surface area (Å²) in [5, 5.41) is 5.28. The maximum atomic E-state index is 13.6. The SMILES string of the molecule is Cc1ccc(C(=O)NCCNC(=O)c2cccc(S(=O)(=O)N3CCc4ccccc4C3)c2)cc1F. The lowest BCUT2D eigenvalue weighted by Gasteiger charge is -2.28. The van der Waals surface area contributed by atoms with Crippen LogP contribution in [0.2, 0.25) is 0 Å². The van der Waals surface area contributed by atoms with E-state index in [1.165, 1.54) is 40.7 Å². The first-order valence-electron chi connectivity index (χ1n) is 11.3. The Labute approximate surface area is 204 Å². The molecule has 0 fully saturated rings. The molecule has 2 amide bonds. The molecular formula is C26H26FN3O4S. The third-order valence-corrected chi connectivity index (χ3v) is 7.80. The summed E-state index contributed by atoms with van der Waals surface area (Å²) in [6.07, 6.45) is 0.635. The van der Waals surface area contributed by atoms with E-state index in [1.807, 2.05) is 24.3 Å². The van der Waals surface area contributed by atoms with Gasteiger partial charge in [-0.3, -0.25) is 9.59 Å². The van der Waals surface area contributed by atoms with Crippen molar-refractivity contribution in [3.8, 4) is 0 Å². The molecule has 4 rings (SSSR count). The Morgan fingerprint density at radius 1 is 0.886 bits per heavy atom. The zero-order valence-corrected chi connectivity index (χ0v) is 20.1. The van der Waals surface area contributed by atoms with Crippen LogP contribution in [0.1, 0.15) is 37.4 Å². The fourth-order valence-corrected chi connectivity index (χ4v) is 5.38. The molecule has 0 unspecified atom stereocenters. The zero-order valence-electron chi connectivity index (χ0n) is 19.3. The molecular weight excluding hydrogens is 469 g/mol. The van der Waals surface area contributed by atoms with Crippen LogP contribution >= 0.6 is 0 Å². The van der Waals surface area contributed by atoms with Crippen molar-refractivity contribution in [3.05, 3.63) is 100 Å². The topological polar surface area (TPSA) is 95.6 Å². The molecule has 0 radical (unpaired) electrons. The van der Waals surface area contributed by atoms with Crippen LogP contribution in [0.3, 0.4) is 0 Å². The Hall–Kier alpha value is -3.56. The quantitative estimate of drug-likeness (QED) is 0.493. The number of aryl methyl sites for hydroxylation is 1. The van der Waals surface area contributed by atoms with Crippen molar-refractivity contribution in [1.82, 2.24) is 14.9 Å². The smallest absolute Gasteiger partial charge is 0.251 e. The van der Waals surface area contributed by atoms with E-state index in [1.54, 1.807) is 6.92 Å². The molecule has 0 bridgehead atoms. The minimum absolute atomic E-state index is 0.0548. The normalized spacial score (nSPS) is 13.7. The van der Waals surface area contributed by atoms with Crippen molar-refractivity contribution in [1.29, 1.82) is 0 Å². The largest absolute Gasteiger partial charge is 0.350 e. The summed E-state index contributed by atoms with van der Waals surface area (Å²) in [6, 6.07) is 17.9. The van der Waals surface area contributed by atoms with Crippen LogP contribution < -0.4 is 10.6 Å². The third kappa shape index (κ3) is 5.58. The molecule has 182 valence electrons. The Morgan fingerprint density at radius 2 is 1.54 bits per heavy atom. The number of halogens is 1. The van der Waals surface area contributed by atoms with Crippen molar-refractivity contribution < 1.29 is 22.4 Å². The third-order valence-electron chi connectivity index (χ3n) is 5.96. The van der Waals surface area contributed by atoms with Gasteiger partial charge in [0.15, 0.2) is 0 Å². The van der Waals surface area contributed by atoms with Crippen molar-refractivity contribution in [2.24, 2.45) is 0 Å². The first-order valence-corrected chi connectivity index (χ1v) is 12.7. The molecule has 1 aliphatic heterocycles. The van der Waals surface area contributed by atoms with E-state index >= 15 is 0 Å². The number of rotatable bonds is 7. The summed E-state index contributed by atoms with van der Waals surface area (Å²) >= 11 is 0. The van der Waals surface area contributed by atoms with E-state index in [4.69, 9.17) is 0 Å². The number of nitrogens with zero attached hydrogens (tertiary/aromatic N) is 1. The second kappa shape index (κ2) is 10.4. The van der Waals surface area contributed by atoms with E-state index in [0.717, 1.165) is 17.2 Å². The predicted octanol–water partition coefficient (Wildman–Crippen LogP) is 3.04. The molecule has 7 nitrogen and oxygen atoms in total. The first kappa shape index (κ1) is 24.6. The van der Waals surface area contributed by atoms with Gasteiger partial charge in [-0.05, 0) is 60.4 Å². The molecule has 0 spiro atoms. The van der Waals surface area contributed by atoms with E-state index in [2.05, 4.69) is 10.6 Å². The van der Waals surface area contributed by atoms with Gasteiger partial charge in [-0.15, -0.1) is 0 Å². The summed E-state index contributed by atoms with van der Waals surface area (Å²) in [5.74, 6) is -1.37. The maximum absolute atomic E-state index is 13.6. The minimum atomic E-state index is -3.77. The van der Waals surface area contributed by atoms with Gasteiger partial charge in [-0.2, -0.15) is 4.31 Å². The lowest BCUT2D eigenvalue weighted by Crippen LogP contribution is -2.36. The first-order chi connectivity index (χ1) is 16.8. The Bertz CT molecular complexity index is 1370. The monoisotopic (exact) mass is 495 g/mol. The van der Waals surface area contributed by atoms with E-state index < -0.39 is 27.7 Å². The van der Waals surface area contributed by atoms with Crippen LogP contribution in [-0.2, 0) is 23.0 Å². The lowest BCUT2D eigenvalue weighted by atomic mass is 10.0. The second-order valence-corrected chi connectivity index (χ2v) is 10.3. The van der Waals surface area contributed by atoms with Crippen LogP contribution in [0.25, 0.3) is 0 Å². The summed E-state index contributed by atoms with van der Waals surface area (Å²) < 4.78 is 41.5. The number of fused-ring (bicyclic) bond motifs is 1. The van der Waals surface area contributed by atoms with Gasteiger partial charge in [0.1, 0.15) is 5.82 Å². The lowest BCUT2D eigenvalue weighted by molar-refractivity contribution is 0.0927. The molecule has 0 atom stereocenters. The van der Waals surface area contributed by atoms with Gasteiger partial charge in [-0.1, -0.05) is 36.4 Å². The standard InChI is InChI=1S/C26H26FN3O4S/c1-18-9-10-21(16-24(18)27)26(32)29-13-12-28-25(31)20-7-4-8-23(15-20)35(33,34)30-14-11-19-5-2-3-6-22(19)17-30/h2-10,15-16H,11-14,17H2,1H3,(H,28,31)(H,29,32). The van der Waals surface area contributed by atoms with Gasteiger partial charge in [0.2, 0.25) is 10.0 Å². The van der Waals surface area contributed by atoms with Crippen LogP contribution in [0.4, 0.5) is 4.39 Å². The van der Waals surface area contributed by atoms with Crippen molar-refractivity contribution in [3.63, 3.8) is 0 Å². The average Bonchev–Trinajstić information content (AvgIpc) is 2.87. The summed E-state index contributed by atoms with van der Waals surface area (Å²) in [7, 11) is -3.77. The Kier molecular flexibility index (Phi) is 7.28. The molecule has 1 aliphatic rings. The minimum Gasteiger partial charge on any atom is -0.350 e. The molecule has 0 saturated carbocycles. The average molecular weight is 496 g/mol. The number of hydrogen-bond donors (Lipinski definition) is 2. The number of sulfonamides is 1. The molecule has 0 saturated heterocycles. The number of hydrogen-bond acceptors (Lipinski definition) is 4. The van der Waals surface area contributed by atoms with Gasteiger partial charge in [0.25, 0.3) is 11.8 Å². The second-order valence-electron chi connectivity index (χ2n) is 8.36. The predicted molar refractivity (Wildman–Crippen MR) is 130 cm³/mol. The molecule has 2 N–H and O–H groups in total. The van der Waals surface area contributed by atoms with Crippen molar-refractivity contribution >= 4 is 21.8 Å². The number of nitrogens with one attached hydrogen (secondary N) is 2. The number of amides is 2. The zero-order chi connectivity index (χ0) is 25.0. The summed E-state index contributed by atoms with van der Waals surface area (Å²) in [5.41, 5.74) is 2.97. The van der Waals surface area contributed by atoms with Crippen LogP contribution in [0, 0.1) is 12.7 Å². The molecule has 3 aromatic carbocycles. The Morgan fingerprint density at radius 3 is 2.23 bits per heavy atom. The molecule has 9 heteroatoms. The van der Waals surface area contributed by atoms with Gasteiger partial charge in [0.05, 0.1) is 4.90 Å². The molecule has 1 heterocycles. The highest BCUT2D eigenvalue weighted by Crippen LogP contribution is 2.25. The van der Waals surface area contributed by atoms with Crippen molar-refractivity contribution in [2.75, 3.05) is 19.6 Å². The van der Waals surface area contributed by atoms with Crippen LogP contribution in [0.5, 0.6) is 0 Å². The van der Waals surface area contributed by atoms with E-state index in [9.17, 15) is 22.4 Å².